The Bertz CT molecular complexity index is 452. The third kappa shape index (κ3) is 1.90. The van der Waals surface area contributed by atoms with E-state index in [1.54, 1.807) is 7.05 Å². The number of benzene rings is 1. The highest BCUT2D eigenvalue weighted by Crippen LogP contribution is 2.20. The monoisotopic (exact) mass is 204 g/mol. The van der Waals surface area contributed by atoms with Crippen molar-refractivity contribution in [3.05, 3.63) is 24.3 Å². The summed E-state index contributed by atoms with van der Waals surface area (Å²) in [6.07, 6.45) is 0. The van der Waals surface area contributed by atoms with E-state index in [2.05, 4.69) is 20.8 Å². The molecule has 0 aliphatic rings. The van der Waals surface area contributed by atoms with Gasteiger partial charge >= 0.3 is 6.01 Å². The minimum atomic E-state index is 0.417. The maximum absolute atomic E-state index is 4.95. The van der Waals surface area contributed by atoms with Crippen molar-refractivity contribution in [3.63, 3.8) is 0 Å². The maximum atomic E-state index is 4.95. The zero-order valence-corrected chi connectivity index (χ0v) is 8.61. The number of nitrogens with one attached hydrogen (secondary N) is 2. The molecule has 0 spiro atoms. The molecule has 2 N–H and O–H groups in total. The molecule has 0 unspecified atom stereocenters. The normalized spacial score (nSPS) is 10.0. The maximum Gasteiger partial charge on any atom is 0.321 e. The average molecular weight is 204 g/mol. The molecule has 1 aromatic carbocycles. The summed E-state index contributed by atoms with van der Waals surface area (Å²) in [6, 6.07) is 8.23. The van der Waals surface area contributed by atoms with Crippen molar-refractivity contribution in [1.29, 1.82) is 0 Å². The molecule has 0 radical (unpaired) electrons. The zero-order valence-electron chi connectivity index (χ0n) is 8.61. The predicted molar refractivity (Wildman–Crippen MR) is 58.8 cm³/mol. The Morgan fingerprint density at radius 1 is 1.20 bits per heavy atom. The summed E-state index contributed by atoms with van der Waals surface area (Å²) in [7, 11) is 3.61. The van der Waals surface area contributed by atoms with Gasteiger partial charge in [-0.2, -0.15) is 4.98 Å². The first-order valence-corrected chi connectivity index (χ1v) is 4.63. The summed E-state index contributed by atoms with van der Waals surface area (Å²) < 4.78 is 4.95. The van der Waals surface area contributed by atoms with Crippen LogP contribution in [0.5, 0.6) is 0 Å². The smallest absolute Gasteiger partial charge is 0.321 e. The summed E-state index contributed by atoms with van der Waals surface area (Å²) in [4.78, 5) is 4.16. The standard InChI is InChI=1S/C10H12N4O/c1-11-8-5-3-4-7(6-8)9-13-10(12-2)15-14-9/h3-6,11H,1-2H3,(H,12,13,14). The second kappa shape index (κ2) is 4.00. The van der Waals surface area contributed by atoms with Crippen LogP contribution in [0, 0.1) is 0 Å². The fraction of sp³-hybridized carbons (Fsp3) is 0.200. The molecule has 1 aromatic heterocycles. The first kappa shape index (κ1) is 9.51. The minimum absolute atomic E-state index is 0.417. The molecule has 0 saturated heterocycles. The van der Waals surface area contributed by atoms with Gasteiger partial charge in [-0.05, 0) is 12.1 Å². The highest BCUT2D eigenvalue weighted by Gasteiger charge is 2.06. The molecule has 0 saturated carbocycles. The molecular formula is C10H12N4O. The second-order valence-corrected chi connectivity index (χ2v) is 3.00. The minimum Gasteiger partial charge on any atom is -0.388 e. The first-order chi connectivity index (χ1) is 7.33. The zero-order chi connectivity index (χ0) is 10.7. The number of anilines is 2. The lowest BCUT2D eigenvalue weighted by atomic mass is 10.2. The van der Waals surface area contributed by atoms with Gasteiger partial charge in [-0.1, -0.05) is 17.3 Å². The summed E-state index contributed by atoms with van der Waals surface area (Å²) in [5, 5.41) is 9.70. The Morgan fingerprint density at radius 3 is 2.73 bits per heavy atom. The third-order valence-electron chi connectivity index (χ3n) is 2.05. The molecule has 78 valence electrons. The number of hydrogen-bond acceptors (Lipinski definition) is 5. The molecule has 0 amide bonds. The molecule has 0 fully saturated rings. The largest absolute Gasteiger partial charge is 0.388 e. The number of rotatable bonds is 3. The van der Waals surface area contributed by atoms with Gasteiger partial charge in [0, 0.05) is 25.3 Å². The molecule has 15 heavy (non-hydrogen) atoms. The van der Waals surface area contributed by atoms with Gasteiger partial charge in [0.05, 0.1) is 0 Å². The van der Waals surface area contributed by atoms with E-state index in [-0.39, 0.29) is 0 Å². The van der Waals surface area contributed by atoms with Gasteiger partial charge in [0.25, 0.3) is 0 Å². The average Bonchev–Trinajstić information content (AvgIpc) is 2.78. The second-order valence-electron chi connectivity index (χ2n) is 3.00. The SMILES string of the molecule is CNc1cccc(-c2noc(NC)n2)c1. The Hall–Kier alpha value is -2.04. The fourth-order valence-corrected chi connectivity index (χ4v) is 1.26. The van der Waals surface area contributed by atoms with Gasteiger partial charge in [0.15, 0.2) is 0 Å². The molecule has 0 aliphatic carbocycles. The van der Waals surface area contributed by atoms with Crippen molar-refractivity contribution in [2.24, 2.45) is 0 Å². The molecular weight excluding hydrogens is 192 g/mol. The van der Waals surface area contributed by atoms with Crippen LogP contribution in [0.3, 0.4) is 0 Å². The van der Waals surface area contributed by atoms with E-state index in [4.69, 9.17) is 4.52 Å². The van der Waals surface area contributed by atoms with Crippen molar-refractivity contribution in [1.82, 2.24) is 10.1 Å². The Kier molecular flexibility index (Phi) is 2.53. The van der Waals surface area contributed by atoms with Gasteiger partial charge in [-0.25, -0.2) is 0 Å². The van der Waals surface area contributed by atoms with Crippen LogP contribution < -0.4 is 10.6 Å². The molecule has 5 heteroatoms. The van der Waals surface area contributed by atoms with Crippen LogP contribution in [0.4, 0.5) is 11.7 Å². The van der Waals surface area contributed by atoms with Crippen LogP contribution in [-0.4, -0.2) is 24.2 Å². The molecule has 0 atom stereocenters. The van der Waals surface area contributed by atoms with E-state index >= 15 is 0 Å². The fourth-order valence-electron chi connectivity index (χ4n) is 1.26. The summed E-state index contributed by atoms with van der Waals surface area (Å²) in [6.45, 7) is 0. The summed E-state index contributed by atoms with van der Waals surface area (Å²) >= 11 is 0. The van der Waals surface area contributed by atoms with Crippen LogP contribution in [0.25, 0.3) is 11.4 Å². The lowest BCUT2D eigenvalue weighted by Gasteiger charge is -2.00. The summed E-state index contributed by atoms with van der Waals surface area (Å²) in [5.74, 6) is 0.580. The molecule has 5 nitrogen and oxygen atoms in total. The van der Waals surface area contributed by atoms with Gasteiger partial charge in [-0.3, -0.25) is 0 Å². The highest BCUT2D eigenvalue weighted by atomic mass is 16.5. The molecule has 0 aliphatic heterocycles. The Morgan fingerprint density at radius 2 is 2.07 bits per heavy atom. The Balaban J connectivity index is 2.35. The van der Waals surface area contributed by atoms with Crippen molar-refractivity contribution < 1.29 is 4.52 Å². The number of aromatic nitrogens is 2. The van der Waals surface area contributed by atoms with Crippen molar-refractivity contribution in [2.45, 2.75) is 0 Å². The topological polar surface area (TPSA) is 63.0 Å². The molecule has 2 rings (SSSR count). The van der Waals surface area contributed by atoms with Crippen molar-refractivity contribution >= 4 is 11.7 Å². The quantitative estimate of drug-likeness (QED) is 0.798. The van der Waals surface area contributed by atoms with Gasteiger partial charge in [0.1, 0.15) is 0 Å². The van der Waals surface area contributed by atoms with E-state index in [0.717, 1.165) is 11.3 Å². The lowest BCUT2D eigenvalue weighted by Crippen LogP contribution is -1.89. The van der Waals surface area contributed by atoms with Crippen LogP contribution in [0.2, 0.25) is 0 Å². The van der Waals surface area contributed by atoms with E-state index in [0.29, 0.717) is 11.8 Å². The van der Waals surface area contributed by atoms with Crippen LogP contribution in [0.15, 0.2) is 28.8 Å². The van der Waals surface area contributed by atoms with E-state index < -0.39 is 0 Å². The molecule has 2 aromatic rings. The predicted octanol–water partition coefficient (Wildman–Crippen LogP) is 1.82. The van der Waals surface area contributed by atoms with E-state index in [9.17, 15) is 0 Å². The van der Waals surface area contributed by atoms with Gasteiger partial charge < -0.3 is 15.2 Å². The first-order valence-electron chi connectivity index (χ1n) is 4.63. The molecule has 0 bridgehead atoms. The lowest BCUT2D eigenvalue weighted by molar-refractivity contribution is 0.434. The van der Waals surface area contributed by atoms with Gasteiger partial charge in [-0.15, -0.1) is 0 Å². The van der Waals surface area contributed by atoms with Crippen LogP contribution in [-0.2, 0) is 0 Å². The Labute approximate surface area is 87.5 Å². The van der Waals surface area contributed by atoms with E-state index in [1.807, 2.05) is 31.3 Å². The van der Waals surface area contributed by atoms with E-state index in [1.165, 1.54) is 0 Å². The summed E-state index contributed by atoms with van der Waals surface area (Å²) in [5.41, 5.74) is 1.94. The number of nitrogens with zero attached hydrogens (tertiary/aromatic N) is 2. The molecule has 1 heterocycles. The highest BCUT2D eigenvalue weighted by molar-refractivity contribution is 5.62. The van der Waals surface area contributed by atoms with Gasteiger partial charge in [0.2, 0.25) is 5.82 Å². The van der Waals surface area contributed by atoms with Crippen LogP contribution >= 0.6 is 0 Å². The number of hydrogen-bond donors (Lipinski definition) is 2. The van der Waals surface area contributed by atoms with Crippen LogP contribution in [0.1, 0.15) is 0 Å². The third-order valence-corrected chi connectivity index (χ3v) is 2.05. The van der Waals surface area contributed by atoms with Crippen molar-refractivity contribution in [3.8, 4) is 11.4 Å². The van der Waals surface area contributed by atoms with Crippen molar-refractivity contribution in [2.75, 3.05) is 24.7 Å².